The third-order valence-electron chi connectivity index (χ3n) is 3.90. The van der Waals surface area contributed by atoms with Crippen LogP contribution in [-0.4, -0.2) is 5.71 Å². The number of allylic oxidation sites excluding steroid dienone is 1. The lowest BCUT2D eigenvalue weighted by molar-refractivity contribution is 0.379. The van der Waals surface area contributed by atoms with Gasteiger partial charge in [0.2, 0.25) is 0 Å². The maximum atomic E-state index is 5.96. The molecule has 1 nitrogen and oxygen atoms in total. The monoisotopic (exact) mass is 295 g/mol. The van der Waals surface area contributed by atoms with Crippen LogP contribution in [-0.2, 0) is 0 Å². The zero-order valence-corrected chi connectivity index (χ0v) is 13.0. The molecule has 1 unspecified atom stereocenters. The Kier molecular flexibility index (Phi) is 3.69. The normalized spacial score (nSPS) is 20.1. The minimum atomic E-state index is 0.0112. The van der Waals surface area contributed by atoms with Gasteiger partial charge in [0.05, 0.1) is 11.8 Å². The highest BCUT2D eigenvalue weighted by molar-refractivity contribution is 6.30. The van der Waals surface area contributed by atoms with Crippen LogP contribution >= 0.6 is 11.6 Å². The SMILES string of the molecule is CC1(C)C=CC(c2ccc(Cl)cc2)=NC1c1ccccc1. The van der Waals surface area contributed by atoms with Gasteiger partial charge in [0.25, 0.3) is 0 Å². The topological polar surface area (TPSA) is 12.4 Å². The van der Waals surface area contributed by atoms with Crippen molar-refractivity contribution in [2.75, 3.05) is 0 Å². The molecule has 0 amide bonds. The Bertz CT molecular complexity index is 681. The second kappa shape index (κ2) is 5.50. The van der Waals surface area contributed by atoms with E-state index in [0.29, 0.717) is 0 Å². The molecule has 1 atom stereocenters. The third kappa shape index (κ3) is 2.93. The Morgan fingerprint density at radius 2 is 1.62 bits per heavy atom. The molecule has 0 spiro atoms. The summed E-state index contributed by atoms with van der Waals surface area (Å²) in [4.78, 5) is 4.99. The van der Waals surface area contributed by atoms with Crippen molar-refractivity contribution in [3.8, 4) is 0 Å². The zero-order chi connectivity index (χ0) is 14.9. The molecule has 106 valence electrons. The molecule has 0 aromatic heterocycles. The predicted octanol–water partition coefficient (Wildman–Crippen LogP) is 5.47. The summed E-state index contributed by atoms with van der Waals surface area (Å²) >= 11 is 5.96. The summed E-state index contributed by atoms with van der Waals surface area (Å²) in [6, 6.07) is 18.5. The van der Waals surface area contributed by atoms with E-state index in [0.717, 1.165) is 16.3 Å². The van der Waals surface area contributed by atoms with E-state index in [1.54, 1.807) is 0 Å². The summed E-state index contributed by atoms with van der Waals surface area (Å²) in [6.07, 6.45) is 4.37. The lowest BCUT2D eigenvalue weighted by atomic mass is 9.78. The van der Waals surface area contributed by atoms with Gasteiger partial charge in [-0.05, 0) is 29.3 Å². The Balaban J connectivity index is 2.02. The van der Waals surface area contributed by atoms with Gasteiger partial charge in [-0.2, -0.15) is 0 Å². The summed E-state index contributed by atoms with van der Waals surface area (Å²) in [5.41, 5.74) is 3.38. The Labute approximate surface area is 131 Å². The van der Waals surface area contributed by atoms with Crippen molar-refractivity contribution in [3.63, 3.8) is 0 Å². The van der Waals surface area contributed by atoms with Crippen LogP contribution in [0.4, 0.5) is 0 Å². The first-order valence-corrected chi connectivity index (χ1v) is 7.52. The van der Waals surface area contributed by atoms with Crippen LogP contribution in [0, 0.1) is 5.41 Å². The summed E-state index contributed by atoms with van der Waals surface area (Å²) < 4.78 is 0. The predicted molar refractivity (Wildman–Crippen MR) is 90.1 cm³/mol. The summed E-state index contributed by atoms with van der Waals surface area (Å²) in [7, 11) is 0. The van der Waals surface area contributed by atoms with Crippen molar-refractivity contribution in [2.45, 2.75) is 19.9 Å². The number of halogens is 1. The molecule has 0 saturated carbocycles. The van der Waals surface area contributed by atoms with Crippen molar-refractivity contribution in [1.29, 1.82) is 0 Å². The fraction of sp³-hybridized carbons (Fsp3) is 0.211. The second-order valence-electron chi connectivity index (χ2n) is 5.99. The molecule has 1 heterocycles. The maximum Gasteiger partial charge on any atom is 0.0841 e. The van der Waals surface area contributed by atoms with Gasteiger partial charge in [0.1, 0.15) is 0 Å². The summed E-state index contributed by atoms with van der Waals surface area (Å²) in [5, 5.41) is 0.749. The summed E-state index contributed by atoms with van der Waals surface area (Å²) in [6.45, 7) is 4.45. The first kappa shape index (κ1) is 14.1. The van der Waals surface area contributed by atoms with Crippen molar-refractivity contribution in [3.05, 3.63) is 82.9 Å². The van der Waals surface area contributed by atoms with Crippen molar-refractivity contribution >= 4 is 17.3 Å². The molecule has 0 aliphatic carbocycles. The minimum Gasteiger partial charge on any atom is -0.276 e. The molecule has 2 aromatic rings. The molecule has 0 fully saturated rings. The largest absolute Gasteiger partial charge is 0.276 e. The number of hydrogen-bond acceptors (Lipinski definition) is 1. The number of aliphatic imine (C=N–C) groups is 1. The van der Waals surface area contributed by atoms with E-state index in [2.05, 4.69) is 50.3 Å². The van der Waals surface area contributed by atoms with Crippen molar-refractivity contribution in [1.82, 2.24) is 0 Å². The average Bonchev–Trinajstić information content (AvgIpc) is 2.49. The van der Waals surface area contributed by atoms with Gasteiger partial charge in [-0.3, -0.25) is 4.99 Å². The van der Waals surface area contributed by atoms with E-state index in [-0.39, 0.29) is 11.5 Å². The van der Waals surface area contributed by atoms with Gasteiger partial charge >= 0.3 is 0 Å². The fourth-order valence-corrected chi connectivity index (χ4v) is 2.79. The highest BCUT2D eigenvalue weighted by atomic mass is 35.5. The number of rotatable bonds is 2. The van der Waals surface area contributed by atoms with Crippen LogP contribution in [0.15, 0.2) is 71.7 Å². The Morgan fingerprint density at radius 3 is 2.29 bits per heavy atom. The third-order valence-corrected chi connectivity index (χ3v) is 4.15. The average molecular weight is 296 g/mol. The lowest BCUT2D eigenvalue weighted by Gasteiger charge is -2.32. The van der Waals surface area contributed by atoms with Crippen LogP contribution in [0.2, 0.25) is 5.02 Å². The highest BCUT2D eigenvalue weighted by Gasteiger charge is 2.31. The van der Waals surface area contributed by atoms with Gasteiger partial charge in [-0.1, -0.05) is 74.0 Å². The smallest absolute Gasteiger partial charge is 0.0841 e. The highest BCUT2D eigenvalue weighted by Crippen LogP contribution is 2.40. The minimum absolute atomic E-state index is 0.0112. The van der Waals surface area contributed by atoms with Gasteiger partial charge in [-0.25, -0.2) is 0 Å². The Morgan fingerprint density at radius 1 is 0.952 bits per heavy atom. The van der Waals surface area contributed by atoms with E-state index in [4.69, 9.17) is 16.6 Å². The van der Waals surface area contributed by atoms with Gasteiger partial charge in [-0.15, -0.1) is 0 Å². The molecule has 3 rings (SSSR count). The first-order chi connectivity index (χ1) is 10.1. The molecule has 2 heteroatoms. The van der Waals surface area contributed by atoms with E-state index in [1.807, 2.05) is 30.3 Å². The van der Waals surface area contributed by atoms with Gasteiger partial charge in [0.15, 0.2) is 0 Å². The van der Waals surface area contributed by atoms with Crippen LogP contribution in [0.5, 0.6) is 0 Å². The maximum absolute atomic E-state index is 5.96. The molecule has 1 aliphatic rings. The van der Waals surface area contributed by atoms with Crippen molar-refractivity contribution in [2.24, 2.45) is 10.4 Å². The molecule has 0 bridgehead atoms. The number of benzene rings is 2. The second-order valence-corrected chi connectivity index (χ2v) is 6.43. The molecule has 0 saturated heterocycles. The van der Waals surface area contributed by atoms with Crippen LogP contribution in [0.1, 0.15) is 31.0 Å². The van der Waals surface area contributed by atoms with Crippen molar-refractivity contribution < 1.29 is 0 Å². The number of dihydropyridines is 1. The quantitative estimate of drug-likeness (QED) is 0.697. The van der Waals surface area contributed by atoms with E-state index in [9.17, 15) is 0 Å². The standard InChI is InChI=1S/C19H18ClN/c1-19(2)13-12-17(14-8-10-16(20)11-9-14)21-18(19)15-6-4-3-5-7-15/h3-13,18H,1-2H3. The Hall–Kier alpha value is -1.86. The summed E-state index contributed by atoms with van der Waals surface area (Å²) in [5.74, 6) is 0. The van der Waals surface area contributed by atoms with Crippen LogP contribution < -0.4 is 0 Å². The van der Waals surface area contributed by atoms with Gasteiger partial charge < -0.3 is 0 Å². The molecule has 0 radical (unpaired) electrons. The molecule has 1 aliphatic heterocycles. The molecular weight excluding hydrogens is 278 g/mol. The van der Waals surface area contributed by atoms with E-state index >= 15 is 0 Å². The first-order valence-electron chi connectivity index (χ1n) is 7.14. The van der Waals surface area contributed by atoms with Gasteiger partial charge in [0, 0.05) is 10.4 Å². The molecule has 2 aromatic carbocycles. The van der Waals surface area contributed by atoms with E-state index in [1.165, 1.54) is 5.56 Å². The fourth-order valence-electron chi connectivity index (χ4n) is 2.66. The zero-order valence-electron chi connectivity index (χ0n) is 12.3. The number of nitrogens with zero attached hydrogens (tertiary/aromatic N) is 1. The molecule has 0 N–H and O–H groups in total. The van der Waals surface area contributed by atoms with Crippen LogP contribution in [0.3, 0.4) is 0 Å². The van der Waals surface area contributed by atoms with Crippen LogP contribution in [0.25, 0.3) is 0 Å². The molecule has 21 heavy (non-hydrogen) atoms. The number of hydrogen-bond donors (Lipinski definition) is 0. The lowest BCUT2D eigenvalue weighted by Crippen LogP contribution is -2.23. The van der Waals surface area contributed by atoms with E-state index < -0.39 is 0 Å². The molecular formula is C19H18ClN.